The van der Waals surface area contributed by atoms with Gasteiger partial charge in [0.25, 0.3) is 5.91 Å². The van der Waals surface area contributed by atoms with Crippen LogP contribution in [0.3, 0.4) is 0 Å². The summed E-state index contributed by atoms with van der Waals surface area (Å²) in [4.78, 5) is 23.2. The third-order valence-electron chi connectivity index (χ3n) is 3.65. The molecule has 138 valence electrons. The van der Waals surface area contributed by atoms with Crippen LogP contribution in [0.15, 0.2) is 54.6 Å². The number of aliphatic hydroxyl groups excluding tert-OH is 2. The average Bonchev–Trinajstić information content (AvgIpc) is 2.70. The number of hydrazine groups is 1. The Hall–Kier alpha value is -2.94. The summed E-state index contributed by atoms with van der Waals surface area (Å²) in [5.74, 6) is 4.55. The Morgan fingerprint density at radius 2 is 1.81 bits per heavy atom. The van der Waals surface area contributed by atoms with Gasteiger partial charge in [-0.25, -0.2) is 10.6 Å². The monoisotopic (exact) mass is 359 g/mol. The van der Waals surface area contributed by atoms with E-state index in [1.807, 2.05) is 35.8 Å². The van der Waals surface area contributed by atoms with Gasteiger partial charge in [-0.05, 0) is 23.3 Å². The first-order valence-corrected chi connectivity index (χ1v) is 7.93. The van der Waals surface area contributed by atoms with Crippen molar-refractivity contribution < 1.29 is 24.5 Å². The van der Waals surface area contributed by atoms with Crippen LogP contribution >= 0.6 is 0 Å². The minimum atomic E-state index is -1.30. The van der Waals surface area contributed by atoms with Crippen LogP contribution < -0.4 is 16.6 Å². The van der Waals surface area contributed by atoms with Gasteiger partial charge in [0.15, 0.2) is 0 Å². The van der Waals surface area contributed by atoms with Gasteiger partial charge in [0.2, 0.25) is 0 Å². The molecule has 2 aromatic carbocycles. The molecule has 0 aromatic heterocycles. The number of amides is 2. The fourth-order valence-corrected chi connectivity index (χ4v) is 2.24. The second kappa shape index (κ2) is 9.52. The number of carbonyl (C=O) groups is 2. The molecule has 8 nitrogen and oxygen atoms in total. The molecule has 0 heterocycles. The van der Waals surface area contributed by atoms with E-state index >= 15 is 0 Å². The summed E-state index contributed by atoms with van der Waals surface area (Å²) in [6.07, 6.45) is -3.29. The molecule has 26 heavy (non-hydrogen) atoms. The SMILES string of the molecule is NNC(=O)c1cccc(C(O)C(O)CNC(=O)OCc2ccccc2)c1. The van der Waals surface area contributed by atoms with Crippen molar-refractivity contribution in [3.63, 3.8) is 0 Å². The molecular weight excluding hydrogens is 338 g/mol. The fourth-order valence-electron chi connectivity index (χ4n) is 2.24. The summed E-state index contributed by atoms with van der Waals surface area (Å²) in [5, 5.41) is 22.6. The molecule has 0 saturated carbocycles. The number of alkyl carbamates (subject to hydrolysis) is 1. The number of hydrogen-bond acceptors (Lipinski definition) is 6. The number of rotatable bonds is 7. The van der Waals surface area contributed by atoms with Gasteiger partial charge in [0.1, 0.15) is 18.8 Å². The Labute approximate surface area is 150 Å². The summed E-state index contributed by atoms with van der Waals surface area (Å²) in [6, 6.07) is 15.2. The lowest BCUT2D eigenvalue weighted by molar-refractivity contribution is 0.0183. The van der Waals surface area contributed by atoms with E-state index < -0.39 is 24.2 Å². The lowest BCUT2D eigenvalue weighted by atomic mass is 10.0. The zero-order chi connectivity index (χ0) is 18.9. The highest BCUT2D eigenvalue weighted by molar-refractivity contribution is 5.93. The minimum Gasteiger partial charge on any atom is -0.445 e. The van der Waals surface area contributed by atoms with Gasteiger partial charge in [-0.3, -0.25) is 10.2 Å². The first-order chi connectivity index (χ1) is 12.5. The smallest absolute Gasteiger partial charge is 0.407 e. The van der Waals surface area contributed by atoms with Crippen LogP contribution in [0.4, 0.5) is 4.79 Å². The third kappa shape index (κ3) is 5.55. The van der Waals surface area contributed by atoms with Gasteiger partial charge < -0.3 is 20.3 Å². The molecule has 2 rings (SSSR count). The molecule has 8 heteroatoms. The fraction of sp³-hybridized carbons (Fsp3) is 0.222. The zero-order valence-corrected chi connectivity index (χ0v) is 14.0. The van der Waals surface area contributed by atoms with Gasteiger partial charge >= 0.3 is 6.09 Å². The maximum Gasteiger partial charge on any atom is 0.407 e. The standard InChI is InChI=1S/C18H21N3O5/c19-21-17(24)14-8-4-7-13(9-14)16(23)15(22)10-20-18(25)26-11-12-5-2-1-3-6-12/h1-9,15-16,22-23H,10-11,19H2,(H,20,25)(H,21,24). The minimum absolute atomic E-state index is 0.0988. The van der Waals surface area contributed by atoms with E-state index in [0.717, 1.165) is 5.56 Å². The van der Waals surface area contributed by atoms with E-state index in [1.54, 1.807) is 12.1 Å². The van der Waals surface area contributed by atoms with Crippen molar-refractivity contribution in [3.8, 4) is 0 Å². The number of carbonyl (C=O) groups excluding carboxylic acids is 2. The van der Waals surface area contributed by atoms with E-state index in [4.69, 9.17) is 10.6 Å². The number of nitrogen functional groups attached to an aromatic ring is 1. The first-order valence-electron chi connectivity index (χ1n) is 7.93. The van der Waals surface area contributed by atoms with E-state index in [-0.39, 0.29) is 18.7 Å². The van der Waals surface area contributed by atoms with E-state index in [1.165, 1.54) is 12.1 Å². The largest absolute Gasteiger partial charge is 0.445 e. The molecule has 2 atom stereocenters. The van der Waals surface area contributed by atoms with Crippen LogP contribution in [0, 0.1) is 0 Å². The van der Waals surface area contributed by atoms with Crippen molar-refractivity contribution >= 4 is 12.0 Å². The summed E-state index contributed by atoms with van der Waals surface area (Å²) in [7, 11) is 0. The number of hydrogen-bond donors (Lipinski definition) is 5. The van der Waals surface area contributed by atoms with Crippen molar-refractivity contribution in [2.75, 3.05) is 6.54 Å². The second-order valence-electron chi connectivity index (χ2n) is 5.55. The first kappa shape index (κ1) is 19.4. The van der Waals surface area contributed by atoms with Gasteiger partial charge in [-0.2, -0.15) is 0 Å². The molecule has 2 unspecified atom stereocenters. The van der Waals surface area contributed by atoms with Crippen molar-refractivity contribution in [1.82, 2.24) is 10.7 Å². The zero-order valence-electron chi connectivity index (χ0n) is 14.0. The second-order valence-corrected chi connectivity index (χ2v) is 5.55. The molecule has 0 aliphatic rings. The molecule has 6 N–H and O–H groups in total. The maximum absolute atomic E-state index is 11.7. The Morgan fingerprint density at radius 1 is 1.08 bits per heavy atom. The van der Waals surface area contributed by atoms with Crippen molar-refractivity contribution in [1.29, 1.82) is 0 Å². The Kier molecular flexibility index (Phi) is 7.10. The molecule has 0 aliphatic carbocycles. The number of nitrogens with two attached hydrogens (primary N) is 1. The molecule has 0 fully saturated rings. The van der Waals surface area contributed by atoms with E-state index in [9.17, 15) is 19.8 Å². The molecule has 0 bridgehead atoms. The highest BCUT2D eigenvalue weighted by atomic mass is 16.5. The molecule has 0 aliphatic heterocycles. The van der Waals surface area contributed by atoms with Gasteiger partial charge in [0, 0.05) is 12.1 Å². The Bertz CT molecular complexity index is 739. The van der Waals surface area contributed by atoms with E-state index in [2.05, 4.69) is 5.32 Å². The molecular formula is C18H21N3O5. The topological polar surface area (TPSA) is 134 Å². The van der Waals surface area contributed by atoms with Crippen LogP contribution in [0.2, 0.25) is 0 Å². The summed E-state index contributed by atoms with van der Waals surface area (Å²) >= 11 is 0. The Morgan fingerprint density at radius 3 is 2.50 bits per heavy atom. The van der Waals surface area contributed by atoms with Crippen LogP contribution in [-0.2, 0) is 11.3 Å². The number of benzene rings is 2. The van der Waals surface area contributed by atoms with Crippen molar-refractivity contribution in [2.45, 2.75) is 18.8 Å². The molecule has 0 spiro atoms. The highest BCUT2D eigenvalue weighted by Crippen LogP contribution is 2.18. The predicted molar refractivity (Wildman–Crippen MR) is 93.7 cm³/mol. The van der Waals surface area contributed by atoms with E-state index in [0.29, 0.717) is 5.56 Å². The number of nitrogens with one attached hydrogen (secondary N) is 2. The highest BCUT2D eigenvalue weighted by Gasteiger charge is 2.20. The van der Waals surface area contributed by atoms with Crippen LogP contribution in [0.5, 0.6) is 0 Å². The van der Waals surface area contributed by atoms with Gasteiger partial charge in [-0.15, -0.1) is 0 Å². The van der Waals surface area contributed by atoms with Crippen LogP contribution in [0.1, 0.15) is 27.6 Å². The van der Waals surface area contributed by atoms with Crippen molar-refractivity contribution in [2.24, 2.45) is 5.84 Å². The third-order valence-corrected chi connectivity index (χ3v) is 3.65. The number of ether oxygens (including phenoxy) is 1. The maximum atomic E-state index is 11.7. The van der Waals surface area contributed by atoms with Crippen LogP contribution in [-0.4, -0.2) is 34.9 Å². The lowest BCUT2D eigenvalue weighted by Gasteiger charge is -2.19. The molecule has 0 saturated heterocycles. The lowest BCUT2D eigenvalue weighted by Crippen LogP contribution is -2.36. The normalized spacial score (nSPS) is 12.7. The van der Waals surface area contributed by atoms with Crippen LogP contribution in [0.25, 0.3) is 0 Å². The predicted octanol–water partition coefficient (Wildman–Crippen LogP) is 0.611. The van der Waals surface area contributed by atoms with Gasteiger partial charge in [-0.1, -0.05) is 42.5 Å². The molecule has 2 amide bonds. The molecule has 0 radical (unpaired) electrons. The van der Waals surface area contributed by atoms with Crippen molar-refractivity contribution in [3.05, 3.63) is 71.3 Å². The summed E-state index contributed by atoms with van der Waals surface area (Å²) in [6.45, 7) is -0.121. The summed E-state index contributed by atoms with van der Waals surface area (Å²) in [5.41, 5.74) is 3.38. The quantitative estimate of drug-likeness (QED) is 0.279. The summed E-state index contributed by atoms with van der Waals surface area (Å²) < 4.78 is 5.02. The van der Waals surface area contributed by atoms with Gasteiger partial charge in [0.05, 0.1) is 0 Å². The number of aliphatic hydroxyl groups is 2. The molecule has 2 aromatic rings. The Balaban J connectivity index is 1.84. The average molecular weight is 359 g/mol.